The van der Waals surface area contributed by atoms with E-state index in [0.29, 0.717) is 6.54 Å². The Hall–Kier alpha value is -0.950. The van der Waals surface area contributed by atoms with Crippen molar-refractivity contribution < 1.29 is 13.2 Å². The monoisotopic (exact) mass is 354 g/mol. The van der Waals surface area contributed by atoms with Crippen molar-refractivity contribution in [2.75, 3.05) is 39.1 Å². The molecule has 0 amide bonds. The molecule has 1 saturated heterocycles. The Balaban J connectivity index is 2.11. The van der Waals surface area contributed by atoms with E-state index in [1.54, 1.807) is 0 Å². The summed E-state index contributed by atoms with van der Waals surface area (Å²) in [4.78, 5) is 2.43. The van der Waals surface area contributed by atoms with Gasteiger partial charge in [-0.15, -0.1) is 0 Å². The highest BCUT2D eigenvalue weighted by molar-refractivity contribution is 7.89. The fourth-order valence-corrected chi connectivity index (χ4v) is 4.07. The number of aryl methyl sites for hydroxylation is 1. The number of ether oxygens (including phenoxy) is 1. The number of likely N-dealkylation sites (tertiary alicyclic amines) is 1. The van der Waals surface area contributed by atoms with Crippen LogP contribution in [0.2, 0.25) is 0 Å². The molecule has 24 heavy (non-hydrogen) atoms. The van der Waals surface area contributed by atoms with Crippen LogP contribution in [0.5, 0.6) is 0 Å². The lowest BCUT2D eigenvalue weighted by atomic mass is 10.0. The Kier molecular flexibility index (Phi) is 7.68. The zero-order chi connectivity index (χ0) is 17.4. The molecule has 0 aromatic heterocycles. The molecule has 1 aromatic rings. The molecule has 136 valence electrons. The van der Waals surface area contributed by atoms with Crippen LogP contribution in [0.1, 0.15) is 42.9 Å². The molecule has 0 radical (unpaired) electrons. The van der Waals surface area contributed by atoms with Gasteiger partial charge in [-0.25, -0.2) is 13.1 Å². The number of hydrogen-bond donors (Lipinski definition) is 1. The Morgan fingerprint density at radius 2 is 1.75 bits per heavy atom. The molecule has 1 heterocycles. The van der Waals surface area contributed by atoms with Gasteiger partial charge in [0.25, 0.3) is 0 Å². The van der Waals surface area contributed by atoms with E-state index in [2.05, 4.69) is 40.8 Å². The molecule has 1 aromatic carbocycles. The molecule has 2 rings (SSSR count). The third-order valence-electron chi connectivity index (χ3n) is 4.60. The maximum atomic E-state index is 12.1. The minimum Gasteiger partial charge on any atom is -0.384 e. The smallest absolute Gasteiger partial charge is 0.213 e. The van der Waals surface area contributed by atoms with Gasteiger partial charge in [0.05, 0.1) is 12.4 Å². The van der Waals surface area contributed by atoms with Crippen LogP contribution in [0, 0.1) is 6.92 Å². The zero-order valence-corrected chi connectivity index (χ0v) is 15.6. The fraction of sp³-hybridized carbons (Fsp3) is 0.667. The Morgan fingerprint density at radius 1 is 1.12 bits per heavy atom. The van der Waals surface area contributed by atoms with Crippen LogP contribution < -0.4 is 4.72 Å². The average molecular weight is 355 g/mol. The van der Waals surface area contributed by atoms with E-state index >= 15 is 0 Å². The second kappa shape index (κ2) is 9.51. The summed E-state index contributed by atoms with van der Waals surface area (Å²) in [6.45, 7) is 4.75. The van der Waals surface area contributed by atoms with E-state index < -0.39 is 10.0 Å². The van der Waals surface area contributed by atoms with Crippen LogP contribution in [-0.4, -0.2) is 52.4 Å². The van der Waals surface area contributed by atoms with Crippen molar-refractivity contribution in [1.82, 2.24) is 9.62 Å². The summed E-state index contributed by atoms with van der Waals surface area (Å²) in [5, 5.41) is 0. The third-order valence-corrected chi connectivity index (χ3v) is 5.91. The van der Waals surface area contributed by atoms with E-state index in [9.17, 15) is 8.42 Å². The summed E-state index contributed by atoms with van der Waals surface area (Å²) in [7, 11) is -1.79. The van der Waals surface area contributed by atoms with Crippen LogP contribution in [0.3, 0.4) is 0 Å². The van der Waals surface area contributed by atoms with Crippen molar-refractivity contribution in [2.24, 2.45) is 0 Å². The molecule has 0 saturated carbocycles. The molecular formula is C18H30N2O3S. The first kappa shape index (κ1) is 19.4. The van der Waals surface area contributed by atoms with Gasteiger partial charge >= 0.3 is 0 Å². The summed E-state index contributed by atoms with van der Waals surface area (Å²) < 4.78 is 31.9. The predicted octanol–water partition coefficient (Wildman–Crippen LogP) is 2.48. The van der Waals surface area contributed by atoms with Gasteiger partial charge in [0.2, 0.25) is 10.0 Å². The van der Waals surface area contributed by atoms with Crippen molar-refractivity contribution in [1.29, 1.82) is 0 Å². The highest BCUT2D eigenvalue weighted by Gasteiger charge is 2.23. The lowest BCUT2D eigenvalue weighted by molar-refractivity contribution is 0.205. The SMILES string of the molecule is COCCS(=O)(=O)NCC(c1ccc(C)cc1)N1CCCCCC1. The highest BCUT2D eigenvalue weighted by atomic mass is 32.2. The first-order valence-corrected chi connectivity index (χ1v) is 10.4. The van der Waals surface area contributed by atoms with Crippen LogP contribution in [0.4, 0.5) is 0 Å². The zero-order valence-electron chi connectivity index (χ0n) is 14.8. The van der Waals surface area contributed by atoms with Crippen LogP contribution in [0.25, 0.3) is 0 Å². The molecule has 0 aliphatic carbocycles. The van der Waals surface area contributed by atoms with Crippen molar-refractivity contribution in [3.05, 3.63) is 35.4 Å². The van der Waals surface area contributed by atoms with Gasteiger partial charge in [0.15, 0.2) is 0 Å². The van der Waals surface area contributed by atoms with E-state index in [4.69, 9.17) is 4.74 Å². The first-order valence-electron chi connectivity index (χ1n) is 8.79. The molecule has 0 bridgehead atoms. The quantitative estimate of drug-likeness (QED) is 0.779. The topological polar surface area (TPSA) is 58.6 Å². The van der Waals surface area contributed by atoms with Crippen molar-refractivity contribution in [3.63, 3.8) is 0 Å². The second-order valence-electron chi connectivity index (χ2n) is 6.54. The van der Waals surface area contributed by atoms with E-state index in [-0.39, 0.29) is 18.4 Å². The molecule has 5 nitrogen and oxygen atoms in total. The first-order chi connectivity index (χ1) is 11.5. The Labute approximate surface area is 146 Å². The second-order valence-corrected chi connectivity index (χ2v) is 8.46. The molecule has 1 aliphatic rings. The van der Waals surface area contributed by atoms with Gasteiger partial charge in [-0.3, -0.25) is 4.90 Å². The number of hydrogen-bond acceptors (Lipinski definition) is 4. The fourth-order valence-electron chi connectivity index (χ4n) is 3.12. The number of sulfonamides is 1. The van der Waals surface area contributed by atoms with Crippen molar-refractivity contribution in [2.45, 2.75) is 38.6 Å². The Morgan fingerprint density at radius 3 is 2.33 bits per heavy atom. The molecule has 1 atom stereocenters. The number of nitrogens with zero attached hydrogens (tertiary/aromatic N) is 1. The lowest BCUT2D eigenvalue weighted by Crippen LogP contribution is -2.39. The minimum absolute atomic E-state index is 0.00409. The van der Waals surface area contributed by atoms with Crippen LogP contribution in [0.15, 0.2) is 24.3 Å². The molecule has 1 N–H and O–H groups in total. The molecule has 0 spiro atoms. The normalized spacial score (nSPS) is 18.2. The molecule has 1 unspecified atom stereocenters. The van der Waals surface area contributed by atoms with E-state index in [1.807, 2.05) is 0 Å². The lowest BCUT2D eigenvalue weighted by Gasteiger charge is -2.31. The maximum Gasteiger partial charge on any atom is 0.213 e. The third kappa shape index (κ3) is 6.16. The summed E-state index contributed by atoms with van der Waals surface area (Å²) >= 11 is 0. The van der Waals surface area contributed by atoms with Gasteiger partial charge in [0, 0.05) is 19.7 Å². The van der Waals surface area contributed by atoms with Gasteiger partial charge in [-0.05, 0) is 38.4 Å². The molecule has 6 heteroatoms. The van der Waals surface area contributed by atoms with Crippen molar-refractivity contribution in [3.8, 4) is 0 Å². The number of methoxy groups -OCH3 is 1. The van der Waals surface area contributed by atoms with Crippen LogP contribution >= 0.6 is 0 Å². The maximum absolute atomic E-state index is 12.1. The molecule has 1 fully saturated rings. The number of nitrogens with one attached hydrogen (secondary N) is 1. The Bertz CT molecular complexity index is 579. The largest absolute Gasteiger partial charge is 0.384 e. The minimum atomic E-state index is -3.30. The molecular weight excluding hydrogens is 324 g/mol. The van der Waals surface area contributed by atoms with Crippen molar-refractivity contribution >= 4 is 10.0 Å². The van der Waals surface area contributed by atoms with Gasteiger partial charge in [0.1, 0.15) is 0 Å². The summed E-state index contributed by atoms with van der Waals surface area (Å²) in [6.07, 6.45) is 4.88. The summed E-state index contributed by atoms with van der Waals surface area (Å²) in [5.74, 6) is 0.00409. The summed E-state index contributed by atoms with van der Waals surface area (Å²) in [5.41, 5.74) is 2.39. The number of benzene rings is 1. The predicted molar refractivity (Wildman–Crippen MR) is 97.6 cm³/mol. The van der Waals surface area contributed by atoms with Gasteiger partial charge < -0.3 is 4.74 Å². The van der Waals surface area contributed by atoms with Crippen LogP contribution in [-0.2, 0) is 14.8 Å². The average Bonchev–Trinajstić information content (AvgIpc) is 2.84. The molecule has 1 aliphatic heterocycles. The highest BCUT2D eigenvalue weighted by Crippen LogP contribution is 2.24. The summed E-state index contributed by atoms with van der Waals surface area (Å²) in [6, 6.07) is 8.52. The van der Waals surface area contributed by atoms with Gasteiger partial charge in [-0.1, -0.05) is 42.7 Å². The van der Waals surface area contributed by atoms with E-state index in [0.717, 1.165) is 13.1 Å². The van der Waals surface area contributed by atoms with Gasteiger partial charge in [-0.2, -0.15) is 0 Å². The van der Waals surface area contributed by atoms with E-state index in [1.165, 1.54) is 43.9 Å². The standard InChI is InChI=1S/C18H30N2O3S/c1-16-7-9-17(10-8-16)18(20-11-5-3-4-6-12-20)15-19-24(21,22)14-13-23-2/h7-10,18-19H,3-6,11-15H2,1-2H3. The number of rotatable bonds is 8.